The molecule has 0 aromatic heterocycles. The van der Waals surface area contributed by atoms with E-state index in [1.807, 2.05) is 24.3 Å². The first-order valence-electron chi connectivity index (χ1n) is 8.17. The molecule has 7 heteroatoms. The normalized spacial score (nSPS) is 16.0. The highest BCUT2D eigenvalue weighted by Gasteiger charge is 2.21. The van der Waals surface area contributed by atoms with Crippen molar-refractivity contribution in [1.29, 1.82) is 0 Å². The predicted octanol–water partition coefficient (Wildman–Crippen LogP) is 3.38. The summed E-state index contributed by atoms with van der Waals surface area (Å²) in [6.07, 6.45) is 0. The van der Waals surface area contributed by atoms with Gasteiger partial charge in [-0.05, 0) is 18.2 Å². The second kappa shape index (κ2) is 7.95. The molecule has 2 aromatic carbocycles. The zero-order chi connectivity index (χ0) is 17.8. The van der Waals surface area contributed by atoms with Gasteiger partial charge in [0, 0.05) is 60.9 Å². The average molecular weight is 406 g/mol. The molecule has 1 aliphatic heterocycles. The third-order valence-electron chi connectivity index (χ3n) is 4.48. The average Bonchev–Trinajstić information content (AvgIpc) is 2.60. The molecular weight excluding hydrogens is 386 g/mol. The maximum Gasteiger partial charge on any atom is 0.273 e. The van der Waals surface area contributed by atoms with Gasteiger partial charge in [0.05, 0.1) is 4.92 Å². The molecule has 132 valence electrons. The van der Waals surface area contributed by atoms with E-state index in [4.69, 9.17) is 0 Å². The zero-order valence-electron chi connectivity index (χ0n) is 13.8. The Labute approximate surface area is 155 Å². The largest absolute Gasteiger partial charge is 0.508 e. The van der Waals surface area contributed by atoms with Crippen molar-refractivity contribution in [2.24, 2.45) is 0 Å². The van der Waals surface area contributed by atoms with E-state index in [1.165, 1.54) is 0 Å². The molecule has 1 saturated heterocycles. The SMILES string of the molecule is O=[N+]([O-])c1ccccc1CN1CCN(Cc2cc(Br)ccc2O)CC1. The Bertz CT molecular complexity index is 761. The number of benzene rings is 2. The molecule has 0 saturated carbocycles. The Balaban J connectivity index is 1.57. The van der Waals surface area contributed by atoms with Gasteiger partial charge in [-0.25, -0.2) is 0 Å². The zero-order valence-corrected chi connectivity index (χ0v) is 15.4. The highest BCUT2D eigenvalue weighted by Crippen LogP contribution is 2.24. The van der Waals surface area contributed by atoms with Gasteiger partial charge in [-0.15, -0.1) is 0 Å². The summed E-state index contributed by atoms with van der Waals surface area (Å²) in [6.45, 7) is 4.72. The smallest absolute Gasteiger partial charge is 0.273 e. The summed E-state index contributed by atoms with van der Waals surface area (Å²) in [6, 6.07) is 12.4. The van der Waals surface area contributed by atoms with Crippen LogP contribution in [0.3, 0.4) is 0 Å². The quantitative estimate of drug-likeness (QED) is 0.609. The highest BCUT2D eigenvalue weighted by molar-refractivity contribution is 9.10. The first-order valence-corrected chi connectivity index (χ1v) is 8.96. The fourth-order valence-electron chi connectivity index (χ4n) is 3.09. The van der Waals surface area contributed by atoms with E-state index in [-0.39, 0.29) is 10.6 Å². The van der Waals surface area contributed by atoms with Crippen LogP contribution in [0.15, 0.2) is 46.9 Å². The van der Waals surface area contributed by atoms with Gasteiger partial charge in [-0.1, -0.05) is 34.1 Å². The molecule has 1 aliphatic rings. The van der Waals surface area contributed by atoms with Gasteiger partial charge in [-0.3, -0.25) is 19.9 Å². The number of halogens is 1. The summed E-state index contributed by atoms with van der Waals surface area (Å²) in [4.78, 5) is 15.3. The lowest BCUT2D eigenvalue weighted by atomic mass is 10.1. The molecule has 25 heavy (non-hydrogen) atoms. The fourth-order valence-corrected chi connectivity index (χ4v) is 3.50. The minimum absolute atomic E-state index is 0.184. The summed E-state index contributed by atoms with van der Waals surface area (Å²) >= 11 is 3.43. The van der Waals surface area contributed by atoms with E-state index >= 15 is 0 Å². The van der Waals surface area contributed by atoms with Gasteiger partial charge in [0.2, 0.25) is 0 Å². The molecule has 1 N–H and O–H groups in total. The van der Waals surface area contributed by atoms with E-state index in [0.29, 0.717) is 18.8 Å². The monoisotopic (exact) mass is 405 g/mol. The Kier molecular flexibility index (Phi) is 5.67. The van der Waals surface area contributed by atoms with Crippen molar-refractivity contribution in [3.8, 4) is 5.75 Å². The molecule has 0 spiro atoms. The van der Waals surface area contributed by atoms with Crippen molar-refractivity contribution in [3.63, 3.8) is 0 Å². The molecule has 3 rings (SSSR count). The van der Waals surface area contributed by atoms with Crippen LogP contribution in [0.5, 0.6) is 5.75 Å². The summed E-state index contributed by atoms with van der Waals surface area (Å²) in [7, 11) is 0. The number of nitrogens with zero attached hydrogens (tertiary/aromatic N) is 3. The maximum absolute atomic E-state index is 11.1. The fraction of sp³-hybridized carbons (Fsp3) is 0.333. The molecule has 1 heterocycles. The topological polar surface area (TPSA) is 69.9 Å². The third-order valence-corrected chi connectivity index (χ3v) is 4.98. The first-order chi connectivity index (χ1) is 12.0. The van der Waals surface area contributed by atoms with E-state index in [9.17, 15) is 15.2 Å². The molecule has 2 aromatic rings. The molecule has 0 radical (unpaired) electrons. The summed E-state index contributed by atoms with van der Waals surface area (Å²) in [5, 5.41) is 21.1. The lowest BCUT2D eigenvalue weighted by Gasteiger charge is -2.34. The number of nitro benzene ring substituents is 1. The van der Waals surface area contributed by atoms with Crippen LogP contribution in [-0.2, 0) is 13.1 Å². The number of phenols is 1. The number of para-hydroxylation sites is 1. The summed E-state index contributed by atoms with van der Waals surface area (Å²) in [5.41, 5.74) is 1.84. The number of aromatic hydroxyl groups is 1. The molecule has 0 amide bonds. The van der Waals surface area contributed by atoms with Crippen LogP contribution in [0.25, 0.3) is 0 Å². The van der Waals surface area contributed by atoms with Crippen LogP contribution < -0.4 is 0 Å². The highest BCUT2D eigenvalue weighted by atomic mass is 79.9. The van der Waals surface area contributed by atoms with Gasteiger partial charge in [-0.2, -0.15) is 0 Å². The molecule has 0 unspecified atom stereocenters. The maximum atomic E-state index is 11.1. The number of hydrogen-bond acceptors (Lipinski definition) is 5. The summed E-state index contributed by atoms with van der Waals surface area (Å²) < 4.78 is 0.954. The van der Waals surface area contributed by atoms with Crippen molar-refractivity contribution >= 4 is 21.6 Å². The second-order valence-corrected chi connectivity index (χ2v) is 7.13. The molecule has 1 fully saturated rings. The Morgan fingerprint density at radius 3 is 2.24 bits per heavy atom. The second-order valence-electron chi connectivity index (χ2n) is 6.21. The van der Waals surface area contributed by atoms with Crippen molar-refractivity contribution in [1.82, 2.24) is 9.80 Å². The van der Waals surface area contributed by atoms with Crippen molar-refractivity contribution in [2.75, 3.05) is 26.2 Å². The van der Waals surface area contributed by atoms with Crippen LogP contribution in [-0.4, -0.2) is 46.0 Å². The van der Waals surface area contributed by atoms with Crippen LogP contribution >= 0.6 is 15.9 Å². The lowest BCUT2D eigenvalue weighted by Crippen LogP contribution is -2.45. The Morgan fingerprint density at radius 1 is 1.00 bits per heavy atom. The standard InChI is InChI=1S/C18H20BrN3O3/c19-16-5-6-18(23)15(11-16)13-21-9-7-20(8-10-21)12-14-3-1-2-4-17(14)22(24)25/h1-6,11,23H,7-10,12-13H2. The Morgan fingerprint density at radius 2 is 1.60 bits per heavy atom. The first kappa shape index (κ1) is 17.8. The number of piperazine rings is 1. The van der Waals surface area contributed by atoms with E-state index in [0.717, 1.165) is 41.8 Å². The lowest BCUT2D eigenvalue weighted by molar-refractivity contribution is -0.385. The molecular formula is C18H20BrN3O3. The summed E-state index contributed by atoms with van der Waals surface area (Å²) in [5.74, 6) is 0.311. The molecule has 0 bridgehead atoms. The van der Waals surface area contributed by atoms with Crippen LogP contribution in [0.2, 0.25) is 0 Å². The van der Waals surface area contributed by atoms with Crippen molar-refractivity contribution in [3.05, 3.63) is 68.2 Å². The molecule has 0 aliphatic carbocycles. The minimum atomic E-state index is -0.318. The van der Waals surface area contributed by atoms with Gasteiger partial charge in [0.25, 0.3) is 5.69 Å². The number of nitro groups is 1. The van der Waals surface area contributed by atoms with Gasteiger partial charge >= 0.3 is 0 Å². The van der Waals surface area contributed by atoms with Gasteiger partial charge in [0.15, 0.2) is 0 Å². The Hall–Kier alpha value is -1.96. The van der Waals surface area contributed by atoms with Crippen molar-refractivity contribution in [2.45, 2.75) is 13.1 Å². The van der Waals surface area contributed by atoms with Crippen LogP contribution in [0.1, 0.15) is 11.1 Å². The predicted molar refractivity (Wildman–Crippen MR) is 99.5 cm³/mol. The molecule has 0 atom stereocenters. The van der Waals surface area contributed by atoms with Crippen molar-refractivity contribution < 1.29 is 10.0 Å². The number of phenolic OH excluding ortho intramolecular Hbond substituents is 1. The molecule has 6 nitrogen and oxygen atoms in total. The van der Waals surface area contributed by atoms with Gasteiger partial charge < -0.3 is 5.11 Å². The van der Waals surface area contributed by atoms with Gasteiger partial charge in [0.1, 0.15) is 5.75 Å². The van der Waals surface area contributed by atoms with Crippen LogP contribution in [0, 0.1) is 10.1 Å². The van der Waals surface area contributed by atoms with E-state index < -0.39 is 0 Å². The van der Waals surface area contributed by atoms with E-state index in [2.05, 4.69) is 25.7 Å². The van der Waals surface area contributed by atoms with E-state index in [1.54, 1.807) is 18.2 Å². The number of rotatable bonds is 5. The minimum Gasteiger partial charge on any atom is -0.508 e. The number of hydrogen-bond donors (Lipinski definition) is 1. The van der Waals surface area contributed by atoms with Crippen LogP contribution in [0.4, 0.5) is 5.69 Å². The third kappa shape index (κ3) is 4.56.